The third-order valence-electron chi connectivity index (χ3n) is 9.22. The monoisotopic (exact) mass is 500 g/mol. The lowest BCUT2D eigenvalue weighted by atomic mass is 9.53. The summed E-state index contributed by atoms with van der Waals surface area (Å²) in [5, 5.41) is 13.1. The average Bonchev–Trinajstić information content (AvgIpc) is 2.92. The second kappa shape index (κ2) is 8.68. The van der Waals surface area contributed by atoms with Gasteiger partial charge in [0.05, 0.1) is 0 Å². The van der Waals surface area contributed by atoms with E-state index in [9.17, 15) is 5.11 Å². The Labute approximate surface area is 228 Å². The number of fused-ring (bicyclic) bond motifs is 1. The second-order valence-electron chi connectivity index (χ2n) is 13.6. The lowest BCUT2D eigenvalue weighted by Crippen LogP contribution is -2.46. The molecule has 7 rings (SSSR count). The van der Waals surface area contributed by atoms with Crippen molar-refractivity contribution in [2.45, 2.75) is 76.2 Å². The molecular weight excluding hydrogens is 460 g/mol. The van der Waals surface area contributed by atoms with Crippen LogP contribution in [0.3, 0.4) is 0 Å². The smallest absolute Gasteiger partial charge is 0.118 e. The fraction of sp³-hybridized carbons (Fsp3) is 0.351. The minimum atomic E-state index is -1.11. The minimum absolute atomic E-state index is 0.0262. The van der Waals surface area contributed by atoms with Crippen LogP contribution in [0.5, 0.6) is 0 Å². The quantitative estimate of drug-likeness (QED) is 0.298. The summed E-state index contributed by atoms with van der Waals surface area (Å²) in [7, 11) is 0. The molecule has 4 aromatic rings. The Morgan fingerprint density at radius 2 is 0.842 bits per heavy atom. The van der Waals surface area contributed by atoms with Crippen molar-refractivity contribution in [3.63, 3.8) is 0 Å². The minimum Gasteiger partial charge on any atom is -0.380 e. The normalized spacial score (nSPS) is 20.7. The average molecular weight is 501 g/mol. The molecule has 0 fully saturated rings. The molecule has 1 N–H and O–H groups in total. The summed E-state index contributed by atoms with van der Waals surface area (Å²) in [6.07, 6.45) is 0.928. The Morgan fingerprint density at radius 1 is 0.500 bits per heavy atom. The number of hydrogen-bond acceptors (Lipinski definition) is 1. The zero-order valence-electron chi connectivity index (χ0n) is 23.6. The maximum atomic E-state index is 13.1. The molecule has 4 aromatic carbocycles. The van der Waals surface area contributed by atoms with Gasteiger partial charge in [0.25, 0.3) is 0 Å². The number of rotatable bonds is 3. The highest BCUT2D eigenvalue weighted by atomic mass is 16.3. The van der Waals surface area contributed by atoms with Crippen LogP contribution >= 0.6 is 0 Å². The largest absolute Gasteiger partial charge is 0.380 e. The summed E-state index contributed by atoms with van der Waals surface area (Å²) in [6, 6.07) is 35.4. The van der Waals surface area contributed by atoms with E-state index in [0.29, 0.717) is 5.92 Å². The van der Waals surface area contributed by atoms with Crippen molar-refractivity contribution in [2.24, 2.45) is 5.92 Å². The van der Waals surface area contributed by atoms with E-state index in [1.54, 1.807) is 0 Å². The van der Waals surface area contributed by atoms with E-state index >= 15 is 0 Å². The molecule has 0 heterocycles. The predicted molar refractivity (Wildman–Crippen MR) is 158 cm³/mol. The first-order chi connectivity index (χ1) is 18.0. The number of hydrogen-bond donors (Lipinski definition) is 1. The third-order valence-corrected chi connectivity index (χ3v) is 9.22. The van der Waals surface area contributed by atoms with Crippen LogP contribution in [-0.4, -0.2) is 5.11 Å². The topological polar surface area (TPSA) is 20.2 Å². The van der Waals surface area contributed by atoms with Crippen LogP contribution in [0.1, 0.15) is 104 Å². The van der Waals surface area contributed by atoms with Gasteiger partial charge in [0, 0.05) is 17.8 Å². The molecule has 0 saturated heterocycles. The highest BCUT2D eigenvalue weighted by Crippen LogP contribution is 2.61. The van der Waals surface area contributed by atoms with Gasteiger partial charge in [-0.2, -0.15) is 0 Å². The van der Waals surface area contributed by atoms with Crippen molar-refractivity contribution in [3.05, 3.63) is 142 Å². The first kappa shape index (κ1) is 25.1. The molecule has 38 heavy (non-hydrogen) atoms. The standard InChI is InChI=1S/C37H40O/c1-35(2,3)24-15-19-26(20-16-24)37(38,27-21-17-25(18-22-27)36(4,5)6)33-23-32-28-11-7-9-13-30(28)34(33)31-14-10-8-12-29(31)32/h7-22,32-34,38H,23H2,1-6H3/t32?,33-,34?/m1/s1. The predicted octanol–water partition coefficient (Wildman–Crippen LogP) is 8.81. The van der Waals surface area contributed by atoms with Gasteiger partial charge in [0.1, 0.15) is 5.60 Å². The van der Waals surface area contributed by atoms with Crippen molar-refractivity contribution < 1.29 is 5.11 Å². The Bertz CT molecular complexity index is 1360. The third kappa shape index (κ3) is 3.86. The van der Waals surface area contributed by atoms with Crippen LogP contribution in [-0.2, 0) is 16.4 Å². The van der Waals surface area contributed by atoms with Crippen LogP contribution in [0.25, 0.3) is 0 Å². The van der Waals surface area contributed by atoms with E-state index in [1.165, 1.54) is 33.4 Å². The van der Waals surface area contributed by atoms with E-state index in [4.69, 9.17) is 0 Å². The second-order valence-corrected chi connectivity index (χ2v) is 13.6. The van der Waals surface area contributed by atoms with Gasteiger partial charge in [-0.15, -0.1) is 0 Å². The van der Waals surface area contributed by atoms with Crippen molar-refractivity contribution in [1.29, 1.82) is 0 Å². The van der Waals surface area contributed by atoms with Gasteiger partial charge in [-0.05, 0) is 61.8 Å². The highest BCUT2D eigenvalue weighted by Gasteiger charge is 2.53. The summed E-state index contributed by atoms with van der Waals surface area (Å²) >= 11 is 0. The van der Waals surface area contributed by atoms with E-state index in [2.05, 4.69) is 139 Å². The molecule has 0 saturated carbocycles. The number of benzene rings is 4. The van der Waals surface area contributed by atoms with Gasteiger partial charge in [0.2, 0.25) is 0 Å². The molecule has 0 unspecified atom stereocenters. The Morgan fingerprint density at radius 3 is 1.21 bits per heavy atom. The van der Waals surface area contributed by atoms with Crippen molar-refractivity contribution >= 4 is 0 Å². The van der Waals surface area contributed by atoms with Gasteiger partial charge in [0.15, 0.2) is 0 Å². The van der Waals surface area contributed by atoms with Gasteiger partial charge in [-0.1, -0.05) is 139 Å². The maximum Gasteiger partial charge on any atom is 0.118 e. The summed E-state index contributed by atoms with van der Waals surface area (Å²) in [5.41, 5.74) is 9.17. The molecule has 3 aliphatic rings. The Balaban J connectivity index is 1.56. The van der Waals surface area contributed by atoms with Crippen LogP contribution in [0.4, 0.5) is 0 Å². The maximum absolute atomic E-state index is 13.1. The molecule has 0 amide bonds. The molecule has 1 heteroatoms. The number of aliphatic hydroxyl groups is 1. The van der Waals surface area contributed by atoms with E-state index in [0.717, 1.165) is 17.5 Å². The van der Waals surface area contributed by atoms with Crippen LogP contribution < -0.4 is 0 Å². The van der Waals surface area contributed by atoms with Gasteiger partial charge in [-0.25, -0.2) is 0 Å². The lowest BCUT2D eigenvalue weighted by molar-refractivity contribution is -0.00438. The molecular formula is C37H40O. The Kier molecular flexibility index (Phi) is 5.74. The van der Waals surface area contributed by atoms with Crippen molar-refractivity contribution in [2.75, 3.05) is 0 Å². The summed E-state index contributed by atoms with van der Waals surface area (Å²) in [5.74, 6) is 0.465. The molecule has 2 bridgehead atoms. The van der Waals surface area contributed by atoms with Gasteiger partial charge < -0.3 is 5.11 Å². The summed E-state index contributed by atoms with van der Waals surface area (Å²) in [4.78, 5) is 0. The SMILES string of the molecule is CC(C)(C)c1ccc(C(O)(c2ccc(C(C)(C)C)cc2)[C@@H]2CC3c4ccccc4C2c2ccccc23)cc1. The van der Waals surface area contributed by atoms with Gasteiger partial charge in [-0.3, -0.25) is 0 Å². The first-order valence-corrected chi connectivity index (χ1v) is 14.1. The van der Waals surface area contributed by atoms with E-state index in [-0.39, 0.29) is 22.7 Å². The molecule has 3 aliphatic carbocycles. The fourth-order valence-electron chi connectivity index (χ4n) is 7.09. The molecule has 194 valence electrons. The molecule has 0 spiro atoms. The lowest BCUT2D eigenvalue weighted by Gasteiger charge is -2.51. The molecule has 0 aromatic heterocycles. The van der Waals surface area contributed by atoms with Crippen LogP contribution in [0, 0.1) is 5.92 Å². The van der Waals surface area contributed by atoms with E-state index < -0.39 is 5.60 Å². The summed E-state index contributed by atoms with van der Waals surface area (Å²) < 4.78 is 0. The molecule has 0 aliphatic heterocycles. The van der Waals surface area contributed by atoms with Crippen LogP contribution in [0.2, 0.25) is 0 Å². The molecule has 0 radical (unpaired) electrons. The Hall–Kier alpha value is -3.16. The van der Waals surface area contributed by atoms with Crippen molar-refractivity contribution in [1.82, 2.24) is 0 Å². The first-order valence-electron chi connectivity index (χ1n) is 14.1. The molecule has 1 atom stereocenters. The van der Waals surface area contributed by atoms with Crippen LogP contribution in [0.15, 0.2) is 97.1 Å². The summed E-state index contributed by atoms with van der Waals surface area (Å²) in [6.45, 7) is 13.5. The fourth-order valence-corrected chi connectivity index (χ4v) is 7.09. The van der Waals surface area contributed by atoms with Gasteiger partial charge >= 0.3 is 0 Å². The zero-order chi connectivity index (χ0) is 26.9. The van der Waals surface area contributed by atoms with Crippen molar-refractivity contribution in [3.8, 4) is 0 Å². The molecule has 1 nitrogen and oxygen atoms in total. The zero-order valence-corrected chi connectivity index (χ0v) is 23.6. The van der Waals surface area contributed by atoms with E-state index in [1.807, 2.05) is 0 Å². The highest BCUT2D eigenvalue weighted by molar-refractivity contribution is 5.58.